The fourth-order valence-corrected chi connectivity index (χ4v) is 6.69. The molecule has 1 heterocycles. The molecule has 1 N–H and O–H groups in total. The number of sulfonamides is 1. The first kappa shape index (κ1) is 28.8. The van der Waals surface area contributed by atoms with E-state index in [0.29, 0.717) is 24.5 Å². The molecule has 1 atom stereocenters. The average Bonchev–Trinajstić information content (AvgIpc) is 2.96. The Kier molecular flexibility index (Phi) is 9.12. The average molecular weight is 569 g/mol. The highest BCUT2D eigenvalue weighted by atomic mass is 32.2. The highest BCUT2D eigenvalue weighted by Crippen LogP contribution is 2.42. The number of fused-ring (bicyclic) bond motifs is 1. The van der Waals surface area contributed by atoms with Crippen LogP contribution in [0.25, 0.3) is 0 Å². The third-order valence-electron chi connectivity index (χ3n) is 7.19. The van der Waals surface area contributed by atoms with Gasteiger partial charge in [-0.2, -0.15) is 0 Å². The van der Waals surface area contributed by atoms with Crippen molar-refractivity contribution in [1.29, 1.82) is 0 Å². The quantitative estimate of drug-likeness (QED) is 0.277. The van der Waals surface area contributed by atoms with Crippen molar-refractivity contribution in [3.8, 4) is 11.5 Å². The maximum absolute atomic E-state index is 13.9. The number of nitrogens with zero attached hydrogens (tertiary/aromatic N) is 1. The Bertz CT molecular complexity index is 1370. The van der Waals surface area contributed by atoms with Crippen LogP contribution in [0.5, 0.6) is 11.5 Å². The molecule has 1 unspecified atom stereocenters. The van der Waals surface area contributed by atoms with Gasteiger partial charge in [-0.05, 0) is 80.6 Å². The standard InChI is InChI=1S/C30H36N2O5S2/c1-5-30(6-2)20-27(26-10-8-9-11-28(26)37-30)31-29(33)21-32(22-12-14-23(15-13-22)36-7-3)39(34,35)25-18-16-24(38-4)17-19-25/h8-19,27H,5-7,20-21H2,1-4H3,(H,31,33). The largest absolute Gasteiger partial charge is 0.494 e. The van der Waals surface area contributed by atoms with Crippen LogP contribution in [0.4, 0.5) is 5.69 Å². The minimum atomic E-state index is -4.04. The minimum Gasteiger partial charge on any atom is -0.494 e. The molecule has 9 heteroatoms. The summed E-state index contributed by atoms with van der Waals surface area (Å²) in [6.07, 6.45) is 4.13. The fraction of sp³-hybridized carbons (Fsp3) is 0.367. The Morgan fingerprint density at radius 1 is 1.03 bits per heavy atom. The second-order valence-electron chi connectivity index (χ2n) is 9.47. The number of para-hydroxylation sites is 1. The molecular weight excluding hydrogens is 532 g/mol. The lowest BCUT2D eigenvalue weighted by atomic mass is 9.83. The summed E-state index contributed by atoms with van der Waals surface area (Å²) in [7, 11) is -4.04. The predicted octanol–water partition coefficient (Wildman–Crippen LogP) is 6.20. The van der Waals surface area contributed by atoms with Crippen molar-refractivity contribution in [3.63, 3.8) is 0 Å². The van der Waals surface area contributed by atoms with Crippen LogP contribution in [0, 0.1) is 0 Å². The molecular formula is C30H36N2O5S2. The molecule has 208 valence electrons. The van der Waals surface area contributed by atoms with Crippen LogP contribution in [0.2, 0.25) is 0 Å². The number of anilines is 1. The number of amides is 1. The van der Waals surface area contributed by atoms with Crippen LogP contribution in [-0.2, 0) is 14.8 Å². The molecule has 0 aliphatic carbocycles. The van der Waals surface area contributed by atoms with Gasteiger partial charge in [-0.1, -0.05) is 32.0 Å². The Morgan fingerprint density at radius 3 is 2.31 bits per heavy atom. The van der Waals surface area contributed by atoms with Crippen molar-refractivity contribution in [2.24, 2.45) is 0 Å². The lowest BCUT2D eigenvalue weighted by molar-refractivity contribution is -0.121. The number of thioether (sulfide) groups is 1. The molecule has 0 saturated heterocycles. The van der Waals surface area contributed by atoms with E-state index in [1.165, 1.54) is 11.8 Å². The van der Waals surface area contributed by atoms with Crippen LogP contribution in [0.15, 0.2) is 82.6 Å². The van der Waals surface area contributed by atoms with Crippen LogP contribution < -0.4 is 19.1 Å². The topological polar surface area (TPSA) is 84.9 Å². The van der Waals surface area contributed by atoms with E-state index in [0.717, 1.165) is 33.4 Å². The van der Waals surface area contributed by atoms with E-state index < -0.39 is 21.5 Å². The Labute approximate surface area is 236 Å². The number of hydrogen-bond acceptors (Lipinski definition) is 6. The first-order valence-electron chi connectivity index (χ1n) is 13.2. The monoisotopic (exact) mass is 568 g/mol. The van der Waals surface area contributed by atoms with Gasteiger partial charge in [0.25, 0.3) is 10.0 Å². The molecule has 1 amide bonds. The Morgan fingerprint density at radius 2 is 1.69 bits per heavy atom. The fourth-order valence-electron chi connectivity index (χ4n) is 4.87. The van der Waals surface area contributed by atoms with Gasteiger partial charge in [0, 0.05) is 16.9 Å². The van der Waals surface area contributed by atoms with Gasteiger partial charge in [0.2, 0.25) is 5.91 Å². The zero-order chi connectivity index (χ0) is 28.0. The zero-order valence-corrected chi connectivity index (χ0v) is 24.5. The summed E-state index contributed by atoms with van der Waals surface area (Å²) < 4.78 is 40.8. The third-order valence-corrected chi connectivity index (χ3v) is 9.72. The molecule has 1 aliphatic heterocycles. The minimum absolute atomic E-state index is 0.120. The maximum atomic E-state index is 13.9. The van der Waals surface area contributed by atoms with E-state index in [4.69, 9.17) is 9.47 Å². The first-order chi connectivity index (χ1) is 18.7. The number of rotatable bonds is 11. The van der Waals surface area contributed by atoms with Gasteiger partial charge in [-0.3, -0.25) is 9.10 Å². The van der Waals surface area contributed by atoms with Gasteiger partial charge in [0.05, 0.1) is 23.2 Å². The van der Waals surface area contributed by atoms with Crippen LogP contribution in [-0.4, -0.2) is 39.3 Å². The predicted molar refractivity (Wildman–Crippen MR) is 156 cm³/mol. The molecule has 0 spiro atoms. The van der Waals surface area contributed by atoms with Crippen LogP contribution in [0.1, 0.15) is 51.6 Å². The van der Waals surface area contributed by atoms with E-state index in [1.807, 2.05) is 37.4 Å². The number of benzene rings is 3. The normalized spacial score (nSPS) is 16.1. The molecule has 39 heavy (non-hydrogen) atoms. The second kappa shape index (κ2) is 12.3. The number of ether oxygens (including phenoxy) is 2. The first-order valence-corrected chi connectivity index (χ1v) is 15.9. The van der Waals surface area contributed by atoms with Crippen molar-refractivity contribution >= 4 is 33.4 Å². The van der Waals surface area contributed by atoms with E-state index in [2.05, 4.69) is 19.2 Å². The highest BCUT2D eigenvalue weighted by Gasteiger charge is 2.39. The lowest BCUT2D eigenvalue weighted by Gasteiger charge is -2.41. The van der Waals surface area contributed by atoms with Crippen molar-refractivity contribution in [2.75, 3.05) is 23.7 Å². The Hall–Kier alpha value is -3.17. The molecule has 0 saturated carbocycles. The molecule has 4 rings (SSSR count). The smallest absolute Gasteiger partial charge is 0.264 e. The number of carbonyl (C=O) groups is 1. The summed E-state index contributed by atoms with van der Waals surface area (Å²) in [6, 6.07) is 20.8. The highest BCUT2D eigenvalue weighted by molar-refractivity contribution is 7.98. The van der Waals surface area contributed by atoms with Gasteiger partial charge in [0.15, 0.2) is 0 Å². The van der Waals surface area contributed by atoms with Gasteiger partial charge in [-0.15, -0.1) is 11.8 Å². The molecule has 0 radical (unpaired) electrons. The summed E-state index contributed by atoms with van der Waals surface area (Å²) in [5.74, 6) is 0.986. The molecule has 1 aliphatic rings. The maximum Gasteiger partial charge on any atom is 0.264 e. The van der Waals surface area contributed by atoms with E-state index in [1.54, 1.807) is 48.5 Å². The van der Waals surface area contributed by atoms with E-state index >= 15 is 0 Å². The van der Waals surface area contributed by atoms with Crippen LogP contribution in [0.3, 0.4) is 0 Å². The van der Waals surface area contributed by atoms with Crippen molar-refractivity contribution in [3.05, 3.63) is 78.4 Å². The molecule has 0 fully saturated rings. The summed E-state index contributed by atoms with van der Waals surface area (Å²) >= 11 is 1.53. The molecule has 3 aromatic carbocycles. The summed E-state index contributed by atoms with van der Waals surface area (Å²) in [6.45, 7) is 6.17. The zero-order valence-electron chi connectivity index (χ0n) is 22.8. The van der Waals surface area contributed by atoms with Gasteiger partial charge < -0.3 is 14.8 Å². The summed E-state index contributed by atoms with van der Waals surface area (Å²) in [5, 5.41) is 3.12. The second-order valence-corrected chi connectivity index (χ2v) is 12.2. The van der Waals surface area contributed by atoms with Gasteiger partial charge in [0.1, 0.15) is 23.6 Å². The Balaban J connectivity index is 1.65. The lowest BCUT2D eigenvalue weighted by Crippen LogP contribution is -2.47. The summed E-state index contributed by atoms with van der Waals surface area (Å²) in [4.78, 5) is 14.6. The molecule has 7 nitrogen and oxygen atoms in total. The van der Waals surface area contributed by atoms with Crippen LogP contribution >= 0.6 is 11.8 Å². The van der Waals surface area contributed by atoms with Crippen molar-refractivity contribution < 1.29 is 22.7 Å². The van der Waals surface area contributed by atoms with Crippen molar-refractivity contribution in [1.82, 2.24) is 5.32 Å². The van der Waals surface area contributed by atoms with Crippen molar-refractivity contribution in [2.45, 2.75) is 61.5 Å². The number of hydrogen-bond donors (Lipinski definition) is 1. The van der Waals surface area contributed by atoms with E-state index in [-0.39, 0.29) is 17.5 Å². The van der Waals surface area contributed by atoms with Gasteiger partial charge >= 0.3 is 0 Å². The summed E-state index contributed by atoms with van der Waals surface area (Å²) in [5.41, 5.74) is 0.879. The number of carbonyl (C=O) groups excluding carboxylic acids is 1. The molecule has 0 aromatic heterocycles. The van der Waals surface area contributed by atoms with E-state index in [9.17, 15) is 13.2 Å². The SMILES string of the molecule is CCOc1ccc(N(CC(=O)NC2CC(CC)(CC)Oc3ccccc32)S(=O)(=O)c2ccc(SC)cc2)cc1. The number of nitrogens with one attached hydrogen (secondary N) is 1. The van der Waals surface area contributed by atoms with Gasteiger partial charge in [-0.25, -0.2) is 8.42 Å². The molecule has 3 aromatic rings. The molecule has 0 bridgehead atoms. The third kappa shape index (κ3) is 6.36.